The topological polar surface area (TPSA) is 52.4 Å². The van der Waals surface area contributed by atoms with Crippen LogP contribution in [0.5, 0.6) is 5.75 Å². The van der Waals surface area contributed by atoms with Gasteiger partial charge >= 0.3 is 12.3 Å². The number of hydrogen-bond acceptors (Lipinski definition) is 3. The molecular formula is C8H6F2NO3. The van der Waals surface area contributed by atoms with Crippen molar-refractivity contribution in [2.24, 2.45) is 0 Å². The van der Waals surface area contributed by atoms with E-state index in [0.29, 0.717) is 0 Å². The Labute approximate surface area is 78.3 Å². The van der Waals surface area contributed by atoms with Crippen molar-refractivity contribution in [3.05, 3.63) is 40.8 Å². The van der Waals surface area contributed by atoms with E-state index in [1.807, 2.05) is 0 Å². The van der Waals surface area contributed by atoms with Gasteiger partial charge in [-0.3, -0.25) is 10.1 Å². The second-order valence-electron chi connectivity index (χ2n) is 2.40. The molecule has 0 bridgehead atoms. The van der Waals surface area contributed by atoms with E-state index in [2.05, 4.69) is 11.7 Å². The van der Waals surface area contributed by atoms with E-state index < -0.39 is 23.0 Å². The number of hydrogen-bond donors (Lipinski definition) is 0. The van der Waals surface area contributed by atoms with E-state index in [1.54, 1.807) is 0 Å². The first-order valence-electron chi connectivity index (χ1n) is 3.56. The first kappa shape index (κ1) is 10.4. The molecule has 0 saturated carbocycles. The molecule has 0 amide bonds. The molecule has 0 aromatic heterocycles. The van der Waals surface area contributed by atoms with E-state index in [4.69, 9.17) is 0 Å². The molecule has 0 N–H and O–H groups in total. The number of rotatable bonds is 3. The van der Waals surface area contributed by atoms with Crippen LogP contribution in [0.2, 0.25) is 0 Å². The molecule has 4 nitrogen and oxygen atoms in total. The Balaban J connectivity index is 3.14. The zero-order chi connectivity index (χ0) is 10.7. The van der Waals surface area contributed by atoms with Crippen LogP contribution in [-0.4, -0.2) is 11.5 Å². The van der Waals surface area contributed by atoms with Crippen LogP contribution in [0, 0.1) is 17.0 Å². The Morgan fingerprint density at radius 3 is 2.64 bits per heavy atom. The summed E-state index contributed by atoms with van der Waals surface area (Å²) in [6, 6.07) is 3.79. The fraction of sp³-hybridized carbons (Fsp3) is 0.125. The van der Waals surface area contributed by atoms with Gasteiger partial charge in [0, 0.05) is 5.56 Å². The molecule has 0 fully saturated rings. The highest BCUT2D eigenvalue weighted by Crippen LogP contribution is 2.31. The number of benzene rings is 1. The number of nitrogens with zero attached hydrogens (tertiary/aromatic N) is 1. The quantitative estimate of drug-likeness (QED) is 0.558. The van der Waals surface area contributed by atoms with E-state index in [-0.39, 0.29) is 5.56 Å². The third-order valence-corrected chi connectivity index (χ3v) is 1.48. The molecule has 0 saturated heterocycles. The van der Waals surface area contributed by atoms with Gasteiger partial charge in [-0.1, -0.05) is 12.1 Å². The van der Waals surface area contributed by atoms with E-state index in [1.165, 1.54) is 12.1 Å². The lowest BCUT2D eigenvalue weighted by Crippen LogP contribution is -2.05. The molecule has 0 heterocycles. The summed E-state index contributed by atoms with van der Waals surface area (Å²) in [5.74, 6) is -0.475. The van der Waals surface area contributed by atoms with Gasteiger partial charge < -0.3 is 4.74 Å². The number of alkyl halides is 2. The van der Waals surface area contributed by atoms with Gasteiger partial charge in [0.25, 0.3) is 0 Å². The highest BCUT2D eigenvalue weighted by Gasteiger charge is 2.20. The molecule has 0 spiro atoms. The lowest BCUT2D eigenvalue weighted by Gasteiger charge is -2.05. The van der Waals surface area contributed by atoms with Crippen LogP contribution >= 0.6 is 0 Å². The van der Waals surface area contributed by atoms with Gasteiger partial charge in [-0.2, -0.15) is 8.78 Å². The number of nitro groups is 1. The lowest BCUT2D eigenvalue weighted by molar-refractivity contribution is -0.386. The second-order valence-corrected chi connectivity index (χ2v) is 2.40. The van der Waals surface area contributed by atoms with Crippen LogP contribution < -0.4 is 4.74 Å². The lowest BCUT2D eigenvalue weighted by atomic mass is 10.2. The Hall–Kier alpha value is -1.72. The minimum absolute atomic E-state index is 0.0353. The molecule has 0 aliphatic rings. The van der Waals surface area contributed by atoms with E-state index >= 15 is 0 Å². The fourth-order valence-electron chi connectivity index (χ4n) is 0.966. The maximum Gasteiger partial charge on any atom is 0.387 e. The monoisotopic (exact) mass is 202 g/mol. The summed E-state index contributed by atoms with van der Waals surface area (Å²) in [4.78, 5) is 9.66. The molecule has 1 radical (unpaired) electrons. The van der Waals surface area contributed by atoms with Crippen LogP contribution in [-0.2, 0) is 0 Å². The summed E-state index contributed by atoms with van der Waals surface area (Å²) in [6.45, 7) is 0.256. The molecular weight excluding hydrogens is 196 g/mol. The molecule has 0 unspecified atom stereocenters. The van der Waals surface area contributed by atoms with Gasteiger partial charge in [0.2, 0.25) is 5.75 Å². The van der Waals surface area contributed by atoms with Crippen molar-refractivity contribution < 1.29 is 18.4 Å². The van der Waals surface area contributed by atoms with Crippen molar-refractivity contribution in [1.29, 1.82) is 0 Å². The van der Waals surface area contributed by atoms with Crippen molar-refractivity contribution >= 4 is 5.69 Å². The number of nitro benzene ring substituents is 1. The van der Waals surface area contributed by atoms with Gasteiger partial charge in [0.15, 0.2) is 0 Å². The van der Waals surface area contributed by atoms with Crippen LogP contribution in [0.15, 0.2) is 18.2 Å². The standard InChI is InChI=1S/C8H6F2NO3/c1-5-3-2-4-6(14-8(9)10)7(5)11(12)13/h2-4,8H,1H2. The van der Waals surface area contributed by atoms with Crippen molar-refractivity contribution in [2.45, 2.75) is 6.61 Å². The Morgan fingerprint density at radius 1 is 1.50 bits per heavy atom. The fourth-order valence-corrected chi connectivity index (χ4v) is 0.966. The molecule has 1 aromatic carbocycles. The van der Waals surface area contributed by atoms with Gasteiger partial charge in [-0.15, -0.1) is 0 Å². The summed E-state index contributed by atoms with van der Waals surface area (Å²) in [5, 5.41) is 10.5. The predicted octanol–water partition coefficient (Wildman–Crippen LogP) is 2.38. The molecule has 0 aliphatic carbocycles. The number of halogens is 2. The maximum atomic E-state index is 11.8. The zero-order valence-corrected chi connectivity index (χ0v) is 6.94. The Morgan fingerprint density at radius 2 is 2.14 bits per heavy atom. The van der Waals surface area contributed by atoms with Gasteiger partial charge in [0.1, 0.15) is 0 Å². The molecule has 75 valence electrons. The number of ether oxygens (including phenoxy) is 1. The van der Waals surface area contributed by atoms with Crippen molar-refractivity contribution in [3.8, 4) is 5.75 Å². The predicted molar refractivity (Wildman–Crippen MR) is 44.2 cm³/mol. The van der Waals surface area contributed by atoms with Crippen molar-refractivity contribution in [1.82, 2.24) is 0 Å². The second kappa shape index (κ2) is 3.99. The molecule has 0 atom stereocenters. The average Bonchev–Trinajstić information content (AvgIpc) is 2.01. The van der Waals surface area contributed by atoms with E-state index in [9.17, 15) is 18.9 Å². The van der Waals surface area contributed by atoms with Crippen molar-refractivity contribution in [3.63, 3.8) is 0 Å². The first-order chi connectivity index (χ1) is 6.52. The molecule has 1 rings (SSSR count). The maximum absolute atomic E-state index is 11.8. The minimum Gasteiger partial charge on any atom is -0.427 e. The highest BCUT2D eigenvalue weighted by molar-refractivity contribution is 5.53. The summed E-state index contributed by atoms with van der Waals surface area (Å²) in [5.41, 5.74) is -0.499. The largest absolute Gasteiger partial charge is 0.427 e. The van der Waals surface area contributed by atoms with Crippen LogP contribution in [0.1, 0.15) is 5.56 Å². The number of para-hydroxylation sites is 1. The van der Waals surface area contributed by atoms with Crippen LogP contribution in [0.4, 0.5) is 14.5 Å². The van der Waals surface area contributed by atoms with E-state index in [0.717, 1.165) is 6.07 Å². The Kier molecular flexibility index (Phi) is 2.95. The smallest absolute Gasteiger partial charge is 0.387 e. The van der Waals surface area contributed by atoms with Crippen LogP contribution in [0.25, 0.3) is 0 Å². The average molecular weight is 202 g/mol. The summed E-state index contributed by atoms with van der Waals surface area (Å²) in [6.07, 6.45) is 0. The molecule has 6 heteroatoms. The highest BCUT2D eigenvalue weighted by atomic mass is 19.3. The SMILES string of the molecule is [CH2]c1cccc(OC(F)F)c1[N+](=O)[O-]. The zero-order valence-electron chi connectivity index (χ0n) is 6.94. The normalized spacial score (nSPS) is 10.3. The van der Waals surface area contributed by atoms with Crippen LogP contribution in [0.3, 0.4) is 0 Å². The summed E-state index contributed by atoms with van der Waals surface area (Å²) in [7, 11) is 0. The van der Waals surface area contributed by atoms with Gasteiger partial charge in [-0.05, 0) is 13.0 Å². The summed E-state index contributed by atoms with van der Waals surface area (Å²) < 4.78 is 27.6. The molecule has 1 aromatic rings. The van der Waals surface area contributed by atoms with Gasteiger partial charge in [0.05, 0.1) is 4.92 Å². The molecule has 0 aliphatic heterocycles. The Bertz CT molecular complexity index is 354. The molecule has 14 heavy (non-hydrogen) atoms. The first-order valence-corrected chi connectivity index (χ1v) is 3.56. The third-order valence-electron chi connectivity index (χ3n) is 1.48. The third kappa shape index (κ3) is 2.15. The van der Waals surface area contributed by atoms with Gasteiger partial charge in [-0.25, -0.2) is 0 Å². The summed E-state index contributed by atoms with van der Waals surface area (Å²) >= 11 is 0. The minimum atomic E-state index is -3.09. The van der Waals surface area contributed by atoms with Crippen molar-refractivity contribution in [2.75, 3.05) is 0 Å².